The monoisotopic (exact) mass is 345 g/mol. The minimum Gasteiger partial charge on any atom is -0.491 e. The molecule has 0 N–H and O–H groups in total. The van der Waals surface area contributed by atoms with E-state index in [0.29, 0.717) is 30.0 Å². The van der Waals surface area contributed by atoms with E-state index in [4.69, 9.17) is 23.4 Å². The Morgan fingerprint density at radius 1 is 1.04 bits per heavy atom. The summed E-state index contributed by atoms with van der Waals surface area (Å²) < 4.78 is 27.1. The molecule has 0 bridgehead atoms. The van der Waals surface area contributed by atoms with E-state index in [-0.39, 0.29) is 23.0 Å². The Balaban J connectivity index is 2.32. The third-order valence-electron chi connectivity index (χ3n) is 3.81. The van der Waals surface area contributed by atoms with Gasteiger partial charge in [-0.25, -0.2) is 4.98 Å². The summed E-state index contributed by atoms with van der Waals surface area (Å²) in [5.74, 6) is 0.485. The number of benzene rings is 2. The van der Waals surface area contributed by atoms with Crippen molar-refractivity contribution in [2.75, 3.05) is 27.9 Å². The largest absolute Gasteiger partial charge is 0.491 e. The molecule has 0 saturated heterocycles. The summed E-state index contributed by atoms with van der Waals surface area (Å²) in [4.78, 5) is 17.1. The summed E-state index contributed by atoms with van der Waals surface area (Å²) in [5.41, 5.74) is 2.02. The Labute approximate surface area is 144 Å². The lowest BCUT2D eigenvalue weighted by Crippen LogP contribution is -2.13. The molecule has 1 heterocycles. The predicted octanol–water partition coefficient (Wildman–Crippen LogP) is 2.86. The van der Waals surface area contributed by atoms with Gasteiger partial charge in [-0.3, -0.25) is 4.79 Å². The molecule has 0 spiro atoms. The second-order valence-electron chi connectivity index (χ2n) is 5.26. The molecule has 0 unspecified atom stereocenters. The predicted molar refractivity (Wildman–Crippen MR) is 91.9 cm³/mol. The quantitative estimate of drug-likeness (QED) is 0.636. The highest BCUT2D eigenvalue weighted by molar-refractivity contribution is 5.82. The Hall–Kier alpha value is -2.80. The highest BCUT2D eigenvalue weighted by atomic mass is 16.5. The first-order chi connectivity index (χ1) is 12.1. The van der Waals surface area contributed by atoms with Crippen molar-refractivity contribution < 1.29 is 23.4 Å². The smallest absolute Gasteiger partial charge is 0.269 e. The molecule has 0 aromatic heterocycles. The zero-order valence-electron chi connectivity index (χ0n) is 14.5. The van der Waals surface area contributed by atoms with E-state index >= 15 is 0 Å². The summed E-state index contributed by atoms with van der Waals surface area (Å²) in [6, 6.07) is 5.55. The van der Waals surface area contributed by atoms with Crippen LogP contribution in [-0.4, -0.2) is 32.9 Å². The first-order valence-corrected chi connectivity index (χ1v) is 7.77. The standard InChI is InChI=1S/C18H19NO6/c1-5-24-9-10-6-7-12-11(8-10)19-13-15(21-2)17(22-3)14(20)18(23-4)16(13)25-12/h6-8H,5,9H2,1-4H3. The van der Waals surface area contributed by atoms with Gasteiger partial charge < -0.3 is 23.4 Å². The number of rotatable bonds is 6. The van der Waals surface area contributed by atoms with Crippen LogP contribution in [0.5, 0.6) is 17.2 Å². The van der Waals surface area contributed by atoms with E-state index in [9.17, 15) is 4.79 Å². The molecule has 1 aliphatic carbocycles. The summed E-state index contributed by atoms with van der Waals surface area (Å²) in [6.07, 6.45) is 0. The minimum atomic E-state index is -0.452. The van der Waals surface area contributed by atoms with E-state index in [1.165, 1.54) is 21.3 Å². The number of fused-ring (bicyclic) bond motifs is 2. The van der Waals surface area contributed by atoms with E-state index in [1.54, 1.807) is 6.07 Å². The summed E-state index contributed by atoms with van der Waals surface area (Å²) >= 11 is 0. The number of ether oxygens (including phenoxy) is 4. The van der Waals surface area contributed by atoms with Crippen LogP contribution in [0.2, 0.25) is 0 Å². The maximum atomic E-state index is 12.5. The molecule has 7 nitrogen and oxygen atoms in total. The van der Waals surface area contributed by atoms with Crippen LogP contribution >= 0.6 is 0 Å². The first-order valence-electron chi connectivity index (χ1n) is 7.77. The van der Waals surface area contributed by atoms with Gasteiger partial charge in [-0.1, -0.05) is 6.07 Å². The topological polar surface area (TPSA) is 80.0 Å². The van der Waals surface area contributed by atoms with Crippen LogP contribution < -0.4 is 19.6 Å². The molecule has 3 rings (SSSR count). The van der Waals surface area contributed by atoms with Crippen LogP contribution in [0, 0.1) is 0 Å². The van der Waals surface area contributed by atoms with Crippen LogP contribution in [-0.2, 0) is 11.3 Å². The second-order valence-corrected chi connectivity index (χ2v) is 5.26. The van der Waals surface area contributed by atoms with E-state index < -0.39 is 5.43 Å². The van der Waals surface area contributed by atoms with Gasteiger partial charge in [-0.15, -0.1) is 0 Å². The highest BCUT2D eigenvalue weighted by Gasteiger charge is 2.29. The van der Waals surface area contributed by atoms with Gasteiger partial charge in [0.05, 0.1) is 27.9 Å². The van der Waals surface area contributed by atoms with E-state index in [0.717, 1.165) is 5.56 Å². The molecule has 0 radical (unpaired) electrons. The summed E-state index contributed by atoms with van der Waals surface area (Å²) in [7, 11) is 4.23. The molecule has 7 heteroatoms. The van der Waals surface area contributed by atoms with Gasteiger partial charge in [0.2, 0.25) is 17.3 Å². The van der Waals surface area contributed by atoms with Crippen molar-refractivity contribution in [3.05, 3.63) is 34.0 Å². The Morgan fingerprint density at radius 3 is 2.40 bits per heavy atom. The van der Waals surface area contributed by atoms with Crippen LogP contribution in [0.25, 0.3) is 22.6 Å². The average molecular weight is 345 g/mol. The molecule has 0 fully saturated rings. The molecule has 0 atom stereocenters. The number of hydrogen-bond donors (Lipinski definition) is 0. The molecule has 25 heavy (non-hydrogen) atoms. The fraction of sp³-hybridized carbons (Fsp3) is 0.333. The SMILES string of the molecule is CCOCc1ccc2oc3c(OC)c(=O)c(OC)c(OC)c-3nc2c1. The van der Waals surface area contributed by atoms with Gasteiger partial charge in [0.15, 0.2) is 17.0 Å². The summed E-state index contributed by atoms with van der Waals surface area (Å²) in [5, 5.41) is 0. The van der Waals surface area contributed by atoms with Crippen molar-refractivity contribution in [3.8, 4) is 28.7 Å². The lowest BCUT2D eigenvalue weighted by Gasteiger charge is -2.16. The molecule has 0 amide bonds. The molecular formula is C18H19NO6. The zero-order valence-corrected chi connectivity index (χ0v) is 14.5. The molecule has 1 aromatic carbocycles. The molecule has 0 saturated carbocycles. The molecule has 1 aromatic rings. The first kappa shape index (κ1) is 17.0. The van der Waals surface area contributed by atoms with Gasteiger partial charge >= 0.3 is 0 Å². The Morgan fingerprint density at radius 2 is 1.76 bits per heavy atom. The van der Waals surface area contributed by atoms with Gasteiger partial charge in [-0.2, -0.15) is 0 Å². The van der Waals surface area contributed by atoms with Crippen LogP contribution in [0.1, 0.15) is 12.5 Å². The summed E-state index contributed by atoms with van der Waals surface area (Å²) in [6.45, 7) is 3.05. The highest BCUT2D eigenvalue weighted by Crippen LogP contribution is 2.42. The molecule has 1 aliphatic heterocycles. The van der Waals surface area contributed by atoms with Gasteiger partial charge in [0, 0.05) is 6.61 Å². The number of nitrogens with zero attached hydrogens (tertiary/aromatic N) is 1. The maximum Gasteiger partial charge on any atom is 0.269 e. The zero-order chi connectivity index (χ0) is 18.0. The van der Waals surface area contributed by atoms with Gasteiger partial charge in [0.1, 0.15) is 5.52 Å². The van der Waals surface area contributed by atoms with Crippen LogP contribution in [0.4, 0.5) is 0 Å². The Kier molecular flexibility index (Phi) is 4.76. The van der Waals surface area contributed by atoms with Gasteiger partial charge in [-0.05, 0) is 24.6 Å². The van der Waals surface area contributed by atoms with Crippen molar-refractivity contribution in [3.63, 3.8) is 0 Å². The van der Waals surface area contributed by atoms with E-state index in [2.05, 4.69) is 4.98 Å². The maximum absolute atomic E-state index is 12.5. The fourth-order valence-corrected chi connectivity index (χ4v) is 2.66. The molecule has 2 aliphatic rings. The van der Waals surface area contributed by atoms with Gasteiger partial charge in [0.25, 0.3) is 5.43 Å². The van der Waals surface area contributed by atoms with Crippen LogP contribution in [0.3, 0.4) is 0 Å². The number of methoxy groups -OCH3 is 3. The minimum absolute atomic E-state index is 0.0272. The molecular weight excluding hydrogens is 326 g/mol. The fourth-order valence-electron chi connectivity index (χ4n) is 2.66. The number of aromatic nitrogens is 1. The van der Waals surface area contributed by atoms with Crippen molar-refractivity contribution in [2.24, 2.45) is 0 Å². The lowest BCUT2D eigenvalue weighted by atomic mass is 10.1. The third kappa shape index (κ3) is 2.87. The average Bonchev–Trinajstić information content (AvgIpc) is 2.63. The van der Waals surface area contributed by atoms with Crippen molar-refractivity contribution >= 4 is 11.1 Å². The molecule has 132 valence electrons. The Bertz CT molecular complexity index is 933. The lowest BCUT2D eigenvalue weighted by molar-refractivity contribution is 0.134. The van der Waals surface area contributed by atoms with Crippen molar-refractivity contribution in [1.82, 2.24) is 4.98 Å². The normalized spacial score (nSPS) is 11.0. The van der Waals surface area contributed by atoms with Crippen LogP contribution in [0.15, 0.2) is 27.4 Å². The second kappa shape index (κ2) is 6.98. The van der Waals surface area contributed by atoms with E-state index in [1.807, 2.05) is 19.1 Å². The van der Waals surface area contributed by atoms with Crippen molar-refractivity contribution in [2.45, 2.75) is 13.5 Å². The number of hydrogen-bond acceptors (Lipinski definition) is 7. The van der Waals surface area contributed by atoms with Crippen molar-refractivity contribution in [1.29, 1.82) is 0 Å². The third-order valence-corrected chi connectivity index (χ3v) is 3.81.